The molecule has 16 heavy (non-hydrogen) atoms. The molecular formula is C10H21F3N2O. The van der Waals surface area contributed by atoms with Crippen LogP contribution in [0.1, 0.15) is 19.3 Å². The first kappa shape index (κ1) is 15.7. The zero-order valence-electron chi connectivity index (χ0n) is 9.70. The molecule has 0 atom stereocenters. The number of alkyl halides is 3. The maximum absolute atomic E-state index is 11.8. The van der Waals surface area contributed by atoms with Crippen molar-refractivity contribution in [2.75, 3.05) is 39.9 Å². The summed E-state index contributed by atoms with van der Waals surface area (Å²) in [6, 6.07) is 0. The quantitative estimate of drug-likeness (QED) is 0.570. The van der Waals surface area contributed by atoms with Crippen LogP contribution in [-0.4, -0.2) is 46.1 Å². The fourth-order valence-corrected chi connectivity index (χ4v) is 1.18. The minimum atomic E-state index is -4.01. The predicted octanol–water partition coefficient (Wildman–Crippen LogP) is 1.54. The summed E-state index contributed by atoms with van der Waals surface area (Å²) in [5.41, 5.74) is 0. The standard InChI is InChI=1S/C10H21F3N2O/c1-16-9-8-15-7-6-14-5-3-2-4-10(11,12)13/h14-15H,2-9H2,1H3. The highest BCUT2D eigenvalue weighted by molar-refractivity contribution is 4.55. The van der Waals surface area contributed by atoms with Gasteiger partial charge in [0.1, 0.15) is 0 Å². The van der Waals surface area contributed by atoms with E-state index >= 15 is 0 Å². The zero-order valence-corrected chi connectivity index (χ0v) is 9.70. The van der Waals surface area contributed by atoms with Crippen molar-refractivity contribution >= 4 is 0 Å². The Morgan fingerprint density at radius 3 is 2.12 bits per heavy atom. The molecule has 6 heteroatoms. The highest BCUT2D eigenvalue weighted by Gasteiger charge is 2.25. The van der Waals surface area contributed by atoms with Gasteiger partial charge >= 0.3 is 6.18 Å². The number of hydrogen-bond acceptors (Lipinski definition) is 3. The first-order valence-electron chi connectivity index (χ1n) is 5.53. The van der Waals surface area contributed by atoms with Crippen LogP contribution in [0.25, 0.3) is 0 Å². The van der Waals surface area contributed by atoms with Gasteiger partial charge in [-0.3, -0.25) is 0 Å². The maximum atomic E-state index is 11.8. The van der Waals surface area contributed by atoms with Crippen LogP contribution in [0.5, 0.6) is 0 Å². The van der Waals surface area contributed by atoms with Gasteiger partial charge in [0.2, 0.25) is 0 Å². The van der Waals surface area contributed by atoms with E-state index in [1.54, 1.807) is 7.11 Å². The first-order chi connectivity index (χ1) is 7.56. The van der Waals surface area contributed by atoms with Gasteiger partial charge in [-0.2, -0.15) is 13.2 Å². The second kappa shape index (κ2) is 9.86. The number of ether oxygens (including phenoxy) is 1. The summed E-state index contributed by atoms with van der Waals surface area (Å²) in [5.74, 6) is 0. The summed E-state index contributed by atoms with van der Waals surface area (Å²) in [6.45, 7) is 3.69. The van der Waals surface area contributed by atoms with E-state index in [1.807, 2.05) is 0 Å². The Labute approximate surface area is 94.7 Å². The van der Waals surface area contributed by atoms with Crippen molar-refractivity contribution < 1.29 is 17.9 Å². The molecule has 0 saturated heterocycles. The molecule has 0 radical (unpaired) electrons. The first-order valence-corrected chi connectivity index (χ1v) is 5.53. The molecule has 0 aliphatic carbocycles. The van der Waals surface area contributed by atoms with E-state index < -0.39 is 12.6 Å². The third-order valence-corrected chi connectivity index (χ3v) is 2.03. The summed E-state index contributed by atoms with van der Waals surface area (Å²) in [4.78, 5) is 0. The van der Waals surface area contributed by atoms with Gasteiger partial charge in [0.25, 0.3) is 0 Å². The molecular weight excluding hydrogens is 221 g/mol. The molecule has 3 nitrogen and oxygen atoms in total. The number of nitrogens with one attached hydrogen (secondary N) is 2. The van der Waals surface area contributed by atoms with Crippen molar-refractivity contribution in [2.24, 2.45) is 0 Å². The lowest BCUT2D eigenvalue weighted by Crippen LogP contribution is -2.30. The monoisotopic (exact) mass is 242 g/mol. The highest BCUT2D eigenvalue weighted by atomic mass is 19.4. The largest absolute Gasteiger partial charge is 0.389 e. The summed E-state index contributed by atoms with van der Waals surface area (Å²) in [7, 11) is 1.64. The fraction of sp³-hybridized carbons (Fsp3) is 1.00. The Morgan fingerprint density at radius 2 is 1.56 bits per heavy atom. The van der Waals surface area contributed by atoms with Gasteiger partial charge in [-0.25, -0.2) is 0 Å². The predicted molar refractivity (Wildman–Crippen MR) is 57.5 cm³/mol. The van der Waals surface area contributed by atoms with Gasteiger partial charge in [0.15, 0.2) is 0 Å². The van der Waals surface area contributed by atoms with E-state index in [2.05, 4.69) is 10.6 Å². The molecule has 0 fully saturated rings. The van der Waals surface area contributed by atoms with Gasteiger partial charge in [-0.1, -0.05) is 0 Å². The van der Waals surface area contributed by atoms with Crippen molar-refractivity contribution in [1.82, 2.24) is 10.6 Å². The highest BCUT2D eigenvalue weighted by Crippen LogP contribution is 2.21. The van der Waals surface area contributed by atoms with E-state index in [1.165, 1.54) is 0 Å². The summed E-state index contributed by atoms with van der Waals surface area (Å²) < 4.78 is 40.1. The Kier molecular flexibility index (Phi) is 9.66. The Morgan fingerprint density at radius 1 is 0.938 bits per heavy atom. The third-order valence-electron chi connectivity index (χ3n) is 2.03. The van der Waals surface area contributed by atoms with Crippen molar-refractivity contribution in [3.8, 4) is 0 Å². The SMILES string of the molecule is COCCNCCNCCCCC(F)(F)F. The second-order valence-electron chi connectivity index (χ2n) is 3.57. The molecule has 0 saturated carbocycles. The van der Waals surface area contributed by atoms with Crippen molar-refractivity contribution in [3.63, 3.8) is 0 Å². The molecule has 0 heterocycles. The topological polar surface area (TPSA) is 33.3 Å². The smallest absolute Gasteiger partial charge is 0.383 e. The molecule has 0 aromatic carbocycles. The average molecular weight is 242 g/mol. The normalized spacial score (nSPS) is 12.0. The summed E-state index contributed by atoms with van der Waals surface area (Å²) >= 11 is 0. The molecule has 2 N–H and O–H groups in total. The molecule has 98 valence electrons. The van der Waals surface area contributed by atoms with Crippen LogP contribution in [0.15, 0.2) is 0 Å². The molecule has 0 unspecified atom stereocenters. The number of rotatable bonds is 10. The number of methoxy groups -OCH3 is 1. The van der Waals surface area contributed by atoms with Gasteiger partial charge < -0.3 is 15.4 Å². The van der Waals surface area contributed by atoms with E-state index in [-0.39, 0.29) is 6.42 Å². The molecule has 0 aliphatic rings. The number of unbranched alkanes of at least 4 members (excludes halogenated alkanes) is 1. The second-order valence-corrected chi connectivity index (χ2v) is 3.57. The molecule has 0 bridgehead atoms. The van der Waals surface area contributed by atoms with Gasteiger partial charge in [-0.05, 0) is 19.4 Å². The average Bonchev–Trinajstić information content (AvgIpc) is 2.19. The van der Waals surface area contributed by atoms with E-state index in [4.69, 9.17) is 4.74 Å². The maximum Gasteiger partial charge on any atom is 0.389 e. The fourth-order valence-electron chi connectivity index (χ4n) is 1.18. The molecule has 0 aliphatic heterocycles. The van der Waals surface area contributed by atoms with Crippen LogP contribution in [0.3, 0.4) is 0 Å². The van der Waals surface area contributed by atoms with Gasteiger partial charge in [0, 0.05) is 33.2 Å². The molecule has 0 amide bonds. The third kappa shape index (κ3) is 13.7. The van der Waals surface area contributed by atoms with Crippen LogP contribution >= 0.6 is 0 Å². The summed E-state index contributed by atoms with van der Waals surface area (Å²) in [5, 5.41) is 6.21. The van der Waals surface area contributed by atoms with Crippen LogP contribution in [0.2, 0.25) is 0 Å². The minimum absolute atomic E-state index is 0.202. The van der Waals surface area contributed by atoms with Crippen molar-refractivity contribution in [1.29, 1.82) is 0 Å². The minimum Gasteiger partial charge on any atom is -0.383 e. The Hall–Kier alpha value is -0.330. The molecule has 0 rings (SSSR count). The van der Waals surface area contributed by atoms with Crippen molar-refractivity contribution in [2.45, 2.75) is 25.4 Å². The lowest BCUT2D eigenvalue weighted by Gasteiger charge is -2.07. The summed E-state index contributed by atoms with van der Waals surface area (Å²) in [6.07, 6.45) is -3.92. The van der Waals surface area contributed by atoms with Crippen LogP contribution in [0.4, 0.5) is 13.2 Å². The van der Waals surface area contributed by atoms with E-state index in [0.717, 1.165) is 19.6 Å². The molecule has 0 aromatic rings. The van der Waals surface area contributed by atoms with Gasteiger partial charge in [0.05, 0.1) is 6.61 Å². The number of hydrogen-bond donors (Lipinski definition) is 2. The van der Waals surface area contributed by atoms with Crippen LogP contribution < -0.4 is 10.6 Å². The number of halogens is 3. The Bertz CT molecular complexity index is 153. The molecule has 0 aromatic heterocycles. The molecule has 0 spiro atoms. The van der Waals surface area contributed by atoms with E-state index in [9.17, 15) is 13.2 Å². The van der Waals surface area contributed by atoms with Crippen LogP contribution in [-0.2, 0) is 4.74 Å². The Balaban J connectivity index is 2.99. The van der Waals surface area contributed by atoms with Gasteiger partial charge in [-0.15, -0.1) is 0 Å². The lowest BCUT2D eigenvalue weighted by molar-refractivity contribution is -0.135. The lowest BCUT2D eigenvalue weighted by atomic mass is 10.2. The zero-order chi connectivity index (χ0) is 12.3. The van der Waals surface area contributed by atoms with Crippen molar-refractivity contribution in [3.05, 3.63) is 0 Å². The van der Waals surface area contributed by atoms with E-state index in [0.29, 0.717) is 19.6 Å². The van der Waals surface area contributed by atoms with Crippen LogP contribution in [0, 0.1) is 0 Å².